The summed E-state index contributed by atoms with van der Waals surface area (Å²) in [7, 11) is 0. The third-order valence-electron chi connectivity index (χ3n) is 4.61. The van der Waals surface area contributed by atoms with Gasteiger partial charge in [0.2, 0.25) is 5.91 Å². The lowest BCUT2D eigenvalue weighted by atomic mass is 10.2. The predicted molar refractivity (Wildman–Crippen MR) is 91.5 cm³/mol. The molecule has 1 aliphatic rings. The molecule has 6 heteroatoms. The van der Waals surface area contributed by atoms with Crippen molar-refractivity contribution in [1.82, 2.24) is 24.0 Å². The van der Waals surface area contributed by atoms with E-state index < -0.39 is 0 Å². The van der Waals surface area contributed by atoms with Crippen LogP contribution < -0.4 is 0 Å². The number of rotatable bonds is 3. The Bertz CT molecular complexity index is 892. The van der Waals surface area contributed by atoms with Gasteiger partial charge in [-0.15, -0.1) is 0 Å². The van der Waals surface area contributed by atoms with Crippen LogP contribution in [0.4, 0.5) is 0 Å². The Hall–Kier alpha value is -2.63. The van der Waals surface area contributed by atoms with Gasteiger partial charge in [0.05, 0.1) is 29.6 Å². The number of carbonyl (C=O) groups excluding carboxylic acids is 1. The van der Waals surface area contributed by atoms with Crippen molar-refractivity contribution in [3.63, 3.8) is 0 Å². The topological polar surface area (TPSA) is 56.0 Å². The Balaban J connectivity index is 1.62. The average molecular weight is 323 g/mol. The van der Waals surface area contributed by atoms with Crippen LogP contribution in [-0.4, -0.2) is 36.5 Å². The van der Waals surface area contributed by atoms with Gasteiger partial charge in [-0.25, -0.2) is 9.97 Å². The molecule has 0 saturated carbocycles. The first kappa shape index (κ1) is 14.9. The van der Waals surface area contributed by atoms with Gasteiger partial charge in [0, 0.05) is 25.2 Å². The van der Waals surface area contributed by atoms with Crippen LogP contribution in [0, 0.1) is 0 Å². The molecule has 0 N–H and O–H groups in total. The second kappa shape index (κ2) is 5.78. The number of aromatic nitrogens is 4. The molecule has 0 unspecified atom stereocenters. The van der Waals surface area contributed by atoms with Gasteiger partial charge in [-0.05, 0) is 12.1 Å². The number of para-hydroxylation sites is 2. The van der Waals surface area contributed by atoms with E-state index in [0.717, 1.165) is 35.6 Å². The van der Waals surface area contributed by atoms with Gasteiger partial charge in [0.1, 0.15) is 12.4 Å². The highest BCUT2D eigenvalue weighted by atomic mass is 16.2. The van der Waals surface area contributed by atoms with Crippen molar-refractivity contribution in [3.05, 3.63) is 48.3 Å². The Kier molecular flexibility index (Phi) is 3.59. The van der Waals surface area contributed by atoms with Crippen LogP contribution in [-0.2, 0) is 24.4 Å². The molecule has 124 valence electrons. The molecule has 6 nitrogen and oxygen atoms in total. The number of nitrogens with zero attached hydrogens (tertiary/aromatic N) is 5. The van der Waals surface area contributed by atoms with Crippen LogP contribution in [0.5, 0.6) is 0 Å². The summed E-state index contributed by atoms with van der Waals surface area (Å²) in [6.07, 6.45) is 3.67. The predicted octanol–water partition coefficient (Wildman–Crippen LogP) is 2.40. The first-order valence-electron chi connectivity index (χ1n) is 8.35. The standard InChI is InChI=1S/C18H21N5O/c1-13(2)18-20-15-5-3-4-6-16(15)23(18)11-17(24)21-7-8-22-12-19-9-14(22)10-21/h3-6,9,12-13H,7-8,10-11H2,1-2H3. The molecule has 24 heavy (non-hydrogen) atoms. The summed E-state index contributed by atoms with van der Waals surface area (Å²) in [6, 6.07) is 8.01. The van der Waals surface area contributed by atoms with Crippen molar-refractivity contribution in [1.29, 1.82) is 0 Å². The van der Waals surface area contributed by atoms with E-state index in [-0.39, 0.29) is 11.8 Å². The number of hydrogen-bond donors (Lipinski definition) is 0. The molecule has 3 heterocycles. The van der Waals surface area contributed by atoms with Gasteiger partial charge in [0.25, 0.3) is 0 Å². The summed E-state index contributed by atoms with van der Waals surface area (Å²) < 4.78 is 4.17. The van der Waals surface area contributed by atoms with E-state index >= 15 is 0 Å². The average Bonchev–Trinajstić information content (AvgIpc) is 3.19. The largest absolute Gasteiger partial charge is 0.333 e. The molecule has 0 fully saturated rings. The number of fused-ring (bicyclic) bond motifs is 2. The highest BCUT2D eigenvalue weighted by Gasteiger charge is 2.23. The van der Waals surface area contributed by atoms with Crippen molar-refractivity contribution in [2.75, 3.05) is 6.54 Å². The van der Waals surface area contributed by atoms with Crippen LogP contribution in [0.3, 0.4) is 0 Å². The van der Waals surface area contributed by atoms with E-state index in [1.807, 2.05) is 41.7 Å². The zero-order valence-corrected chi connectivity index (χ0v) is 14.0. The number of imidazole rings is 2. The molecule has 2 aromatic heterocycles. The van der Waals surface area contributed by atoms with Gasteiger partial charge in [-0.2, -0.15) is 0 Å². The second-order valence-electron chi connectivity index (χ2n) is 6.59. The number of hydrogen-bond acceptors (Lipinski definition) is 3. The summed E-state index contributed by atoms with van der Waals surface area (Å²) in [4.78, 5) is 23.7. The Labute approximate surface area is 140 Å². The minimum absolute atomic E-state index is 0.132. The van der Waals surface area contributed by atoms with E-state index in [9.17, 15) is 4.79 Å². The third-order valence-corrected chi connectivity index (χ3v) is 4.61. The second-order valence-corrected chi connectivity index (χ2v) is 6.59. The fraction of sp³-hybridized carbons (Fsp3) is 0.389. The summed E-state index contributed by atoms with van der Waals surface area (Å²) in [5, 5.41) is 0. The molecular formula is C18H21N5O. The number of amides is 1. The van der Waals surface area contributed by atoms with Gasteiger partial charge in [0.15, 0.2) is 0 Å². The van der Waals surface area contributed by atoms with Crippen LogP contribution in [0.2, 0.25) is 0 Å². The van der Waals surface area contributed by atoms with Crippen molar-refractivity contribution in [2.24, 2.45) is 0 Å². The SMILES string of the molecule is CC(C)c1nc2ccccc2n1CC(=O)N1CCn2cncc2C1. The van der Waals surface area contributed by atoms with Gasteiger partial charge in [-0.3, -0.25) is 4.79 Å². The van der Waals surface area contributed by atoms with Crippen molar-refractivity contribution < 1.29 is 4.79 Å². The van der Waals surface area contributed by atoms with Gasteiger partial charge in [-0.1, -0.05) is 26.0 Å². The lowest BCUT2D eigenvalue weighted by Gasteiger charge is -2.28. The van der Waals surface area contributed by atoms with Crippen molar-refractivity contribution in [3.8, 4) is 0 Å². The lowest BCUT2D eigenvalue weighted by Crippen LogP contribution is -2.39. The maximum absolute atomic E-state index is 12.9. The maximum Gasteiger partial charge on any atom is 0.242 e. The summed E-state index contributed by atoms with van der Waals surface area (Å²) in [6.45, 7) is 6.72. The monoisotopic (exact) mass is 323 g/mol. The fourth-order valence-electron chi connectivity index (χ4n) is 3.33. The molecule has 1 amide bonds. The molecule has 1 aliphatic heterocycles. The molecule has 4 rings (SSSR count). The maximum atomic E-state index is 12.9. The molecule has 0 aliphatic carbocycles. The number of benzene rings is 1. The quantitative estimate of drug-likeness (QED) is 0.744. The molecule has 3 aromatic rings. The summed E-state index contributed by atoms with van der Waals surface area (Å²) in [5.74, 6) is 1.37. The van der Waals surface area contributed by atoms with Crippen molar-refractivity contribution in [2.45, 2.75) is 39.4 Å². The first-order valence-corrected chi connectivity index (χ1v) is 8.35. The molecule has 0 bridgehead atoms. The zero-order valence-electron chi connectivity index (χ0n) is 14.0. The minimum atomic E-state index is 0.132. The van der Waals surface area contributed by atoms with E-state index in [0.29, 0.717) is 13.1 Å². The van der Waals surface area contributed by atoms with E-state index in [1.54, 1.807) is 0 Å². The van der Waals surface area contributed by atoms with Gasteiger partial charge < -0.3 is 14.0 Å². The molecule has 0 radical (unpaired) electrons. The molecular weight excluding hydrogens is 302 g/mol. The Morgan fingerprint density at radius 2 is 2.08 bits per heavy atom. The minimum Gasteiger partial charge on any atom is -0.333 e. The molecule has 0 saturated heterocycles. The lowest BCUT2D eigenvalue weighted by molar-refractivity contribution is -0.133. The highest BCUT2D eigenvalue weighted by Crippen LogP contribution is 2.22. The Morgan fingerprint density at radius 1 is 1.25 bits per heavy atom. The normalized spacial score (nSPS) is 14.4. The van der Waals surface area contributed by atoms with E-state index in [1.165, 1.54) is 0 Å². The smallest absolute Gasteiger partial charge is 0.242 e. The molecule has 0 atom stereocenters. The Morgan fingerprint density at radius 3 is 2.92 bits per heavy atom. The molecule has 0 spiro atoms. The van der Waals surface area contributed by atoms with Crippen LogP contribution in [0.15, 0.2) is 36.8 Å². The van der Waals surface area contributed by atoms with Gasteiger partial charge >= 0.3 is 0 Å². The van der Waals surface area contributed by atoms with Crippen LogP contribution in [0.25, 0.3) is 11.0 Å². The summed E-state index contributed by atoms with van der Waals surface area (Å²) in [5.41, 5.74) is 3.07. The zero-order chi connectivity index (χ0) is 16.7. The van der Waals surface area contributed by atoms with Crippen LogP contribution in [0.1, 0.15) is 31.3 Å². The fourth-order valence-corrected chi connectivity index (χ4v) is 3.33. The highest BCUT2D eigenvalue weighted by molar-refractivity contribution is 5.81. The van der Waals surface area contributed by atoms with Crippen molar-refractivity contribution >= 4 is 16.9 Å². The van der Waals surface area contributed by atoms with E-state index in [4.69, 9.17) is 4.98 Å². The summed E-state index contributed by atoms with van der Waals surface area (Å²) >= 11 is 0. The first-order chi connectivity index (χ1) is 11.6. The third kappa shape index (κ3) is 2.48. The number of carbonyl (C=O) groups is 1. The van der Waals surface area contributed by atoms with E-state index in [2.05, 4.69) is 28.0 Å². The van der Waals surface area contributed by atoms with Crippen LogP contribution >= 0.6 is 0 Å². The molecule has 1 aromatic carbocycles.